The van der Waals surface area contributed by atoms with Gasteiger partial charge in [-0.15, -0.1) is 0 Å². The summed E-state index contributed by atoms with van der Waals surface area (Å²) in [6.45, 7) is 5.82. The zero-order valence-corrected chi connectivity index (χ0v) is 9.68. The predicted molar refractivity (Wildman–Crippen MR) is 58.2 cm³/mol. The van der Waals surface area contributed by atoms with Crippen molar-refractivity contribution < 1.29 is 4.79 Å². The van der Waals surface area contributed by atoms with Crippen LogP contribution in [0, 0.1) is 0 Å². The van der Waals surface area contributed by atoms with Gasteiger partial charge in [-0.3, -0.25) is 4.79 Å². The number of hydrogen-bond acceptors (Lipinski definition) is 1. The summed E-state index contributed by atoms with van der Waals surface area (Å²) in [6, 6.07) is 5.86. The van der Waals surface area contributed by atoms with Gasteiger partial charge in [0.1, 0.15) is 0 Å². The molecule has 0 aliphatic heterocycles. The molecule has 2 heteroatoms. The fraction of sp³-hybridized carbons (Fsp3) is 0.364. The molecule has 0 spiro atoms. The lowest BCUT2D eigenvalue weighted by atomic mass is 10.00. The first-order valence-corrected chi connectivity index (χ1v) is 5.11. The van der Waals surface area contributed by atoms with E-state index < -0.39 is 0 Å². The monoisotopic (exact) mass is 240 g/mol. The lowest BCUT2D eigenvalue weighted by molar-refractivity contribution is 0.101. The van der Waals surface area contributed by atoms with Crippen molar-refractivity contribution in [3.63, 3.8) is 0 Å². The van der Waals surface area contributed by atoms with Crippen molar-refractivity contribution in [2.45, 2.75) is 26.7 Å². The topological polar surface area (TPSA) is 17.1 Å². The van der Waals surface area contributed by atoms with Crippen molar-refractivity contribution in [2.75, 3.05) is 0 Å². The summed E-state index contributed by atoms with van der Waals surface area (Å²) in [7, 11) is 0. The molecule has 0 radical (unpaired) electrons. The minimum atomic E-state index is 0.114. The molecule has 0 heterocycles. The van der Waals surface area contributed by atoms with Gasteiger partial charge in [-0.2, -0.15) is 0 Å². The average molecular weight is 241 g/mol. The number of hydrogen-bond donors (Lipinski definition) is 0. The fourth-order valence-electron chi connectivity index (χ4n) is 1.15. The van der Waals surface area contributed by atoms with Crippen molar-refractivity contribution in [1.82, 2.24) is 0 Å². The van der Waals surface area contributed by atoms with Gasteiger partial charge in [0, 0.05) is 10.0 Å². The van der Waals surface area contributed by atoms with Crippen LogP contribution in [0.2, 0.25) is 0 Å². The third kappa shape index (κ3) is 2.66. The maximum atomic E-state index is 11.2. The second kappa shape index (κ2) is 4.05. The van der Waals surface area contributed by atoms with E-state index in [9.17, 15) is 4.79 Å². The fourth-order valence-corrected chi connectivity index (χ4v) is 1.66. The van der Waals surface area contributed by atoms with Gasteiger partial charge in [-0.25, -0.2) is 0 Å². The van der Waals surface area contributed by atoms with Crippen molar-refractivity contribution in [3.05, 3.63) is 33.8 Å². The van der Waals surface area contributed by atoms with Crippen LogP contribution in [0.3, 0.4) is 0 Å². The Morgan fingerprint density at radius 3 is 2.38 bits per heavy atom. The lowest BCUT2D eigenvalue weighted by Gasteiger charge is -2.07. The second-order valence-electron chi connectivity index (χ2n) is 3.48. The Balaban J connectivity index is 3.19. The molecule has 0 fully saturated rings. The van der Waals surface area contributed by atoms with Gasteiger partial charge in [0.15, 0.2) is 5.78 Å². The highest BCUT2D eigenvalue weighted by Crippen LogP contribution is 2.22. The highest BCUT2D eigenvalue weighted by Gasteiger charge is 2.05. The zero-order chi connectivity index (χ0) is 10.0. The van der Waals surface area contributed by atoms with Gasteiger partial charge in [-0.05, 0) is 36.6 Å². The highest BCUT2D eigenvalue weighted by atomic mass is 79.9. The van der Waals surface area contributed by atoms with E-state index in [1.165, 1.54) is 5.56 Å². The SMILES string of the molecule is CC(=O)c1cc(Br)cc(C(C)C)c1. The largest absolute Gasteiger partial charge is 0.295 e. The summed E-state index contributed by atoms with van der Waals surface area (Å²) >= 11 is 3.40. The smallest absolute Gasteiger partial charge is 0.159 e. The van der Waals surface area contributed by atoms with E-state index in [0.717, 1.165) is 10.0 Å². The van der Waals surface area contributed by atoms with Crippen LogP contribution in [-0.2, 0) is 0 Å². The Bertz CT molecular complexity index is 329. The predicted octanol–water partition coefficient (Wildman–Crippen LogP) is 3.78. The number of halogens is 1. The van der Waals surface area contributed by atoms with Crippen molar-refractivity contribution in [1.29, 1.82) is 0 Å². The minimum absolute atomic E-state index is 0.114. The Kier molecular flexibility index (Phi) is 3.26. The van der Waals surface area contributed by atoms with Crippen LogP contribution in [-0.4, -0.2) is 5.78 Å². The van der Waals surface area contributed by atoms with E-state index in [1.54, 1.807) is 6.92 Å². The Hall–Kier alpha value is -0.630. The first-order chi connectivity index (χ1) is 6.00. The van der Waals surface area contributed by atoms with E-state index in [2.05, 4.69) is 35.8 Å². The summed E-state index contributed by atoms with van der Waals surface area (Å²) in [5, 5.41) is 0. The summed E-state index contributed by atoms with van der Waals surface area (Å²) in [4.78, 5) is 11.2. The summed E-state index contributed by atoms with van der Waals surface area (Å²) in [5.41, 5.74) is 1.97. The Morgan fingerprint density at radius 1 is 1.31 bits per heavy atom. The second-order valence-corrected chi connectivity index (χ2v) is 4.40. The van der Waals surface area contributed by atoms with Crippen molar-refractivity contribution in [3.8, 4) is 0 Å². The van der Waals surface area contributed by atoms with Gasteiger partial charge < -0.3 is 0 Å². The molecule has 1 aromatic rings. The van der Waals surface area contributed by atoms with Crippen molar-refractivity contribution in [2.24, 2.45) is 0 Å². The third-order valence-electron chi connectivity index (χ3n) is 1.99. The Morgan fingerprint density at radius 2 is 1.92 bits per heavy atom. The van der Waals surface area contributed by atoms with Gasteiger partial charge in [0.2, 0.25) is 0 Å². The van der Waals surface area contributed by atoms with E-state index >= 15 is 0 Å². The summed E-state index contributed by atoms with van der Waals surface area (Å²) in [5.74, 6) is 0.568. The number of carbonyl (C=O) groups excluding carboxylic acids is 1. The summed E-state index contributed by atoms with van der Waals surface area (Å²) < 4.78 is 0.976. The number of carbonyl (C=O) groups is 1. The quantitative estimate of drug-likeness (QED) is 0.720. The molecule has 1 aromatic carbocycles. The molecule has 0 saturated heterocycles. The van der Waals surface area contributed by atoms with Crippen LogP contribution in [0.15, 0.2) is 22.7 Å². The molecule has 13 heavy (non-hydrogen) atoms. The van der Waals surface area contributed by atoms with Crippen LogP contribution >= 0.6 is 15.9 Å². The molecule has 0 bridgehead atoms. The van der Waals surface area contributed by atoms with Crippen molar-refractivity contribution >= 4 is 21.7 Å². The van der Waals surface area contributed by atoms with E-state index in [-0.39, 0.29) is 5.78 Å². The van der Waals surface area contributed by atoms with E-state index in [0.29, 0.717) is 5.92 Å². The molecule has 1 nitrogen and oxygen atoms in total. The molecule has 0 aliphatic rings. The van der Waals surface area contributed by atoms with Gasteiger partial charge in [0.05, 0.1) is 0 Å². The Labute approximate surface area is 87.3 Å². The first-order valence-electron chi connectivity index (χ1n) is 4.32. The molecular formula is C11H13BrO. The first kappa shape index (κ1) is 10.5. The number of rotatable bonds is 2. The molecule has 0 amide bonds. The van der Waals surface area contributed by atoms with E-state index in [1.807, 2.05) is 12.1 Å². The summed E-state index contributed by atoms with van der Waals surface area (Å²) in [6.07, 6.45) is 0. The molecule has 0 saturated carbocycles. The maximum Gasteiger partial charge on any atom is 0.159 e. The molecule has 0 atom stereocenters. The van der Waals surface area contributed by atoms with Crippen LogP contribution in [0.25, 0.3) is 0 Å². The average Bonchev–Trinajstić information content (AvgIpc) is 2.03. The molecule has 0 unspecified atom stereocenters. The highest BCUT2D eigenvalue weighted by molar-refractivity contribution is 9.10. The molecule has 70 valence electrons. The third-order valence-corrected chi connectivity index (χ3v) is 2.45. The van der Waals surface area contributed by atoms with Crippen LogP contribution in [0.5, 0.6) is 0 Å². The molecule has 0 aromatic heterocycles. The van der Waals surface area contributed by atoms with Crippen LogP contribution in [0.1, 0.15) is 42.6 Å². The lowest BCUT2D eigenvalue weighted by Crippen LogP contribution is -1.95. The van der Waals surface area contributed by atoms with Crippen LogP contribution < -0.4 is 0 Å². The normalized spacial score (nSPS) is 10.5. The number of ketones is 1. The van der Waals surface area contributed by atoms with E-state index in [4.69, 9.17) is 0 Å². The molecule has 0 N–H and O–H groups in total. The molecule has 0 aliphatic carbocycles. The van der Waals surface area contributed by atoms with Gasteiger partial charge in [0.25, 0.3) is 0 Å². The molecular weight excluding hydrogens is 228 g/mol. The minimum Gasteiger partial charge on any atom is -0.295 e. The number of benzene rings is 1. The number of Topliss-reactive ketones (excluding diaryl/α,β-unsaturated/α-hetero) is 1. The zero-order valence-electron chi connectivity index (χ0n) is 8.10. The molecule has 1 rings (SSSR count). The van der Waals surface area contributed by atoms with Gasteiger partial charge in [-0.1, -0.05) is 29.8 Å². The maximum absolute atomic E-state index is 11.2. The standard InChI is InChI=1S/C11H13BrO/c1-7(2)9-4-10(8(3)13)6-11(12)5-9/h4-7H,1-3H3. The van der Waals surface area contributed by atoms with Gasteiger partial charge >= 0.3 is 0 Å². The van der Waals surface area contributed by atoms with Crippen LogP contribution in [0.4, 0.5) is 0 Å².